The van der Waals surface area contributed by atoms with Gasteiger partial charge in [0.2, 0.25) is 5.82 Å². The molecule has 0 saturated carbocycles. The van der Waals surface area contributed by atoms with Crippen LogP contribution in [-0.2, 0) is 16.4 Å². The van der Waals surface area contributed by atoms with Crippen molar-refractivity contribution in [2.45, 2.75) is 38.9 Å². The molecule has 0 bridgehead atoms. The highest BCUT2D eigenvalue weighted by molar-refractivity contribution is 6.62. The van der Waals surface area contributed by atoms with E-state index in [0.29, 0.717) is 5.82 Å². The van der Waals surface area contributed by atoms with Crippen LogP contribution in [0.5, 0.6) is 0 Å². The Kier molecular flexibility index (Phi) is 3.10. The van der Waals surface area contributed by atoms with Crippen molar-refractivity contribution in [3.63, 3.8) is 0 Å². The standard InChI is InChI=1S/C13H18BN5O2/c1-12(2)13(3,4)21-14(20-12)10-6-9(7-15-8-10)11-16-18-19(5)17-11/h6-8H,1-5H3. The van der Waals surface area contributed by atoms with Crippen molar-refractivity contribution in [2.75, 3.05) is 0 Å². The Bertz CT molecular complexity index is 654. The summed E-state index contributed by atoms with van der Waals surface area (Å²) in [6.45, 7) is 8.09. The minimum Gasteiger partial charge on any atom is -0.399 e. The van der Waals surface area contributed by atoms with Gasteiger partial charge in [-0.3, -0.25) is 4.98 Å². The molecule has 2 aromatic heterocycles. The van der Waals surface area contributed by atoms with Crippen molar-refractivity contribution < 1.29 is 9.31 Å². The van der Waals surface area contributed by atoms with Gasteiger partial charge in [0.1, 0.15) is 0 Å². The summed E-state index contributed by atoms with van der Waals surface area (Å²) in [6, 6.07) is 1.92. The largest absolute Gasteiger partial charge is 0.496 e. The van der Waals surface area contributed by atoms with Gasteiger partial charge in [-0.15, -0.1) is 10.2 Å². The number of aromatic nitrogens is 5. The number of hydrogen-bond acceptors (Lipinski definition) is 6. The summed E-state index contributed by atoms with van der Waals surface area (Å²) in [5.41, 5.74) is 0.880. The number of hydrogen-bond donors (Lipinski definition) is 0. The van der Waals surface area contributed by atoms with E-state index in [1.54, 1.807) is 19.4 Å². The first kappa shape index (κ1) is 14.2. The topological polar surface area (TPSA) is 75.0 Å². The minimum absolute atomic E-state index is 0.377. The van der Waals surface area contributed by atoms with E-state index in [9.17, 15) is 0 Å². The maximum atomic E-state index is 6.02. The lowest BCUT2D eigenvalue weighted by Gasteiger charge is -2.32. The van der Waals surface area contributed by atoms with E-state index in [2.05, 4.69) is 20.4 Å². The predicted octanol–water partition coefficient (Wildman–Crippen LogP) is 0.571. The van der Waals surface area contributed by atoms with Crippen LogP contribution in [0.3, 0.4) is 0 Å². The molecule has 3 rings (SSSR count). The zero-order chi connectivity index (χ0) is 15.3. The molecule has 0 atom stereocenters. The minimum atomic E-state index is -0.445. The Labute approximate surface area is 123 Å². The third kappa shape index (κ3) is 2.45. The van der Waals surface area contributed by atoms with Crippen molar-refractivity contribution in [3.8, 4) is 11.4 Å². The fraction of sp³-hybridized carbons (Fsp3) is 0.538. The number of nitrogens with zero attached hydrogens (tertiary/aromatic N) is 5. The van der Waals surface area contributed by atoms with E-state index in [4.69, 9.17) is 9.31 Å². The molecule has 1 aliphatic heterocycles. The molecule has 0 spiro atoms. The van der Waals surface area contributed by atoms with E-state index in [1.165, 1.54) is 4.80 Å². The first-order chi connectivity index (χ1) is 9.78. The normalized spacial score (nSPS) is 20.0. The van der Waals surface area contributed by atoms with Crippen LogP contribution in [0, 0.1) is 0 Å². The summed E-state index contributed by atoms with van der Waals surface area (Å²) in [5.74, 6) is 0.531. The molecule has 1 fully saturated rings. The average molecular weight is 287 g/mol. The summed E-state index contributed by atoms with van der Waals surface area (Å²) < 4.78 is 12.0. The molecular weight excluding hydrogens is 269 g/mol. The molecule has 0 radical (unpaired) electrons. The third-order valence-corrected chi connectivity index (χ3v) is 4.05. The highest BCUT2D eigenvalue weighted by Gasteiger charge is 2.51. The lowest BCUT2D eigenvalue weighted by molar-refractivity contribution is 0.00578. The van der Waals surface area contributed by atoms with Gasteiger partial charge in [-0.2, -0.15) is 4.80 Å². The van der Waals surface area contributed by atoms with Crippen molar-refractivity contribution in [3.05, 3.63) is 18.5 Å². The molecule has 0 aliphatic carbocycles. The van der Waals surface area contributed by atoms with Crippen LogP contribution >= 0.6 is 0 Å². The van der Waals surface area contributed by atoms with E-state index < -0.39 is 7.12 Å². The van der Waals surface area contributed by atoms with Crippen LogP contribution in [0.4, 0.5) is 0 Å². The predicted molar refractivity (Wildman–Crippen MR) is 77.7 cm³/mol. The summed E-state index contributed by atoms with van der Waals surface area (Å²) in [5, 5.41) is 12.0. The fourth-order valence-corrected chi connectivity index (χ4v) is 2.09. The molecular formula is C13H18BN5O2. The zero-order valence-corrected chi connectivity index (χ0v) is 12.9. The molecule has 1 aliphatic rings. The van der Waals surface area contributed by atoms with Gasteiger partial charge in [-0.05, 0) is 39.0 Å². The van der Waals surface area contributed by atoms with Crippen LogP contribution in [0.25, 0.3) is 11.4 Å². The molecule has 0 amide bonds. The molecule has 0 unspecified atom stereocenters. The summed E-state index contributed by atoms with van der Waals surface area (Å²) in [6.07, 6.45) is 3.44. The molecule has 21 heavy (non-hydrogen) atoms. The highest BCUT2D eigenvalue weighted by Crippen LogP contribution is 2.36. The summed E-state index contributed by atoms with van der Waals surface area (Å²) >= 11 is 0. The third-order valence-electron chi connectivity index (χ3n) is 4.05. The Morgan fingerprint density at radius 3 is 2.33 bits per heavy atom. The van der Waals surface area contributed by atoms with Crippen molar-refractivity contribution >= 4 is 12.6 Å². The molecule has 7 nitrogen and oxygen atoms in total. The van der Waals surface area contributed by atoms with E-state index in [-0.39, 0.29) is 11.2 Å². The SMILES string of the molecule is Cn1nnc(-c2cncc(B3OC(C)(C)C(C)(C)O3)c2)n1. The Morgan fingerprint density at radius 2 is 1.76 bits per heavy atom. The van der Waals surface area contributed by atoms with Crippen molar-refractivity contribution in [1.29, 1.82) is 0 Å². The van der Waals surface area contributed by atoms with Gasteiger partial charge in [0.15, 0.2) is 0 Å². The number of aryl methyl sites for hydroxylation is 1. The van der Waals surface area contributed by atoms with Crippen molar-refractivity contribution in [2.24, 2.45) is 7.05 Å². The molecule has 0 N–H and O–H groups in total. The van der Waals surface area contributed by atoms with Crippen LogP contribution < -0.4 is 5.46 Å². The van der Waals surface area contributed by atoms with Gasteiger partial charge < -0.3 is 9.31 Å². The van der Waals surface area contributed by atoms with Crippen molar-refractivity contribution in [1.82, 2.24) is 25.2 Å². The van der Waals surface area contributed by atoms with Crippen LogP contribution in [0.2, 0.25) is 0 Å². The Morgan fingerprint density at radius 1 is 1.10 bits per heavy atom. The molecule has 2 aromatic rings. The Balaban J connectivity index is 1.91. The first-order valence-electron chi connectivity index (χ1n) is 6.83. The first-order valence-corrected chi connectivity index (χ1v) is 6.83. The maximum Gasteiger partial charge on any atom is 0.496 e. The van der Waals surface area contributed by atoms with Gasteiger partial charge in [0.05, 0.1) is 18.2 Å². The fourth-order valence-electron chi connectivity index (χ4n) is 2.09. The summed E-state index contributed by atoms with van der Waals surface area (Å²) in [4.78, 5) is 5.65. The second kappa shape index (κ2) is 4.61. The lowest BCUT2D eigenvalue weighted by Crippen LogP contribution is -2.41. The molecule has 1 saturated heterocycles. The molecule has 3 heterocycles. The van der Waals surface area contributed by atoms with Gasteiger partial charge >= 0.3 is 7.12 Å². The monoisotopic (exact) mass is 287 g/mol. The van der Waals surface area contributed by atoms with E-state index >= 15 is 0 Å². The van der Waals surface area contributed by atoms with Gasteiger partial charge in [-0.25, -0.2) is 0 Å². The van der Waals surface area contributed by atoms with Gasteiger partial charge in [0, 0.05) is 23.4 Å². The second-order valence-corrected chi connectivity index (χ2v) is 6.20. The highest BCUT2D eigenvalue weighted by atomic mass is 16.7. The van der Waals surface area contributed by atoms with Crippen LogP contribution in [0.1, 0.15) is 27.7 Å². The number of rotatable bonds is 2. The zero-order valence-electron chi connectivity index (χ0n) is 12.9. The number of tetrazole rings is 1. The number of pyridine rings is 1. The average Bonchev–Trinajstić information content (AvgIpc) is 2.92. The van der Waals surface area contributed by atoms with E-state index in [0.717, 1.165) is 11.0 Å². The van der Waals surface area contributed by atoms with Gasteiger partial charge in [-0.1, -0.05) is 0 Å². The summed E-state index contributed by atoms with van der Waals surface area (Å²) in [7, 11) is 1.28. The quantitative estimate of drug-likeness (QED) is 0.752. The van der Waals surface area contributed by atoms with Crippen LogP contribution in [-0.4, -0.2) is 43.5 Å². The lowest BCUT2D eigenvalue weighted by atomic mass is 9.80. The van der Waals surface area contributed by atoms with Crippen LogP contribution in [0.15, 0.2) is 18.5 Å². The molecule has 8 heteroatoms. The van der Waals surface area contributed by atoms with Gasteiger partial charge in [0.25, 0.3) is 0 Å². The maximum absolute atomic E-state index is 6.02. The smallest absolute Gasteiger partial charge is 0.399 e. The van der Waals surface area contributed by atoms with E-state index in [1.807, 2.05) is 33.8 Å². The second-order valence-electron chi connectivity index (χ2n) is 6.20. The molecule has 0 aromatic carbocycles. The molecule has 110 valence electrons. The Hall–Kier alpha value is -1.80.